The van der Waals surface area contributed by atoms with Crippen LogP contribution >= 0.6 is 0 Å². The Morgan fingerprint density at radius 2 is 1.08 bits per heavy atom. The number of ether oxygens (including phenoxy) is 5. The SMILES string of the molecule is O=C(O)COCCOCCOCCOCCOC(=O)CCC(=O)C(=O)O. The van der Waals surface area contributed by atoms with Gasteiger partial charge in [0.25, 0.3) is 0 Å². The molecule has 0 bridgehead atoms. The molecule has 26 heavy (non-hydrogen) atoms. The summed E-state index contributed by atoms with van der Waals surface area (Å²) in [7, 11) is 0. The van der Waals surface area contributed by atoms with Gasteiger partial charge in [-0.1, -0.05) is 0 Å². The molecule has 0 aromatic carbocycles. The Kier molecular flexibility index (Phi) is 15.1. The topological polar surface area (TPSA) is 155 Å². The molecule has 0 aromatic heterocycles. The standard InChI is InChI=1S/C15H24O11/c16-12(15(20)21)1-2-14(19)26-10-9-24-6-5-22-3-4-23-7-8-25-11-13(17)18/h1-11H2,(H,17,18)(H,20,21). The number of esters is 1. The van der Waals surface area contributed by atoms with E-state index in [4.69, 9.17) is 33.9 Å². The van der Waals surface area contributed by atoms with Gasteiger partial charge in [0.2, 0.25) is 5.78 Å². The Hall–Kier alpha value is -2.08. The van der Waals surface area contributed by atoms with Gasteiger partial charge in [-0.2, -0.15) is 0 Å². The van der Waals surface area contributed by atoms with E-state index in [1.165, 1.54) is 0 Å². The van der Waals surface area contributed by atoms with Gasteiger partial charge in [-0.25, -0.2) is 9.59 Å². The molecule has 0 saturated heterocycles. The highest BCUT2D eigenvalue weighted by atomic mass is 16.6. The maximum absolute atomic E-state index is 11.2. The van der Waals surface area contributed by atoms with Crippen LogP contribution in [0.3, 0.4) is 0 Å². The van der Waals surface area contributed by atoms with Crippen molar-refractivity contribution in [3.63, 3.8) is 0 Å². The average molecular weight is 380 g/mol. The van der Waals surface area contributed by atoms with E-state index in [-0.39, 0.29) is 46.1 Å². The van der Waals surface area contributed by atoms with Crippen LogP contribution in [0, 0.1) is 0 Å². The first kappa shape index (κ1) is 23.9. The predicted molar refractivity (Wildman–Crippen MR) is 83.7 cm³/mol. The normalized spacial score (nSPS) is 10.5. The van der Waals surface area contributed by atoms with Gasteiger partial charge < -0.3 is 33.9 Å². The lowest BCUT2D eigenvalue weighted by Crippen LogP contribution is -2.17. The minimum atomic E-state index is -1.57. The number of carbonyl (C=O) groups is 4. The summed E-state index contributed by atoms with van der Waals surface area (Å²) in [4.78, 5) is 42.4. The van der Waals surface area contributed by atoms with Gasteiger partial charge >= 0.3 is 17.9 Å². The van der Waals surface area contributed by atoms with Crippen LogP contribution in [-0.4, -0.2) is 93.4 Å². The van der Waals surface area contributed by atoms with E-state index in [9.17, 15) is 19.2 Å². The number of carboxylic acids is 2. The first-order valence-electron chi connectivity index (χ1n) is 7.88. The van der Waals surface area contributed by atoms with Crippen molar-refractivity contribution < 1.29 is 53.1 Å². The monoisotopic (exact) mass is 380 g/mol. The second-order valence-electron chi connectivity index (χ2n) is 4.73. The summed E-state index contributed by atoms with van der Waals surface area (Å²) in [5.41, 5.74) is 0. The van der Waals surface area contributed by atoms with Crippen LogP contribution in [0.4, 0.5) is 0 Å². The van der Waals surface area contributed by atoms with Gasteiger partial charge in [0.05, 0.1) is 52.7 Å². The summed E-state index contributed by atoms with van der Waals surface area (Å²) >= 11 is 0. The number of hydrogen-bond donors (Lipinski definition) is 2. The fourth-order valence-corrected chi connectivity index (χ4v) is 1.43. The summed E-state index contributed by atoms with van der Waals surface area (Å²) in [6.07, 6.45) is -0.674. The number of rotatable bonds is 18. The lowest BCUT2D eigenvalue weighted by atomic mass is 10.2. The Morgan fingerprint density at radius 3 is 1.54 bits per heavy atom. The average Bonchev–Trinajstić information content (AvgIpc) is 2.59. The minimum Gasteiger partial charge on any atom is -0.480 e. The lowest BCUT2D eigenvalue weighted by Gasteiger charge is -2.07. The van der Waals surface area contributed by atoms with Crippen molar-refractivity contribution in [2.45, 2.75) is 12.8 Å². The second-order valence-corrected chi connectivity index (χ2v) is 4.73. The summed E-state index contributed by atoms with van der Waals surface area (Å²) in [6.45, 7) is 1.55. The first-order valence-corrected chi connectivity index (χ1v) is 7.88. The zero-order valence-corrected chi connectivity index (χ0v) is 14.3. The van der Waals surface area contributed by atoms with Gasteiger partial charge in [-0.15, -0.1) is 0 Å². The van der Waals surface area contributed by atoms with Gasteiger partial charge in [-0.3, -0.25) is 9.59 Å². The molecule has 0 heterocycles. The number of aliphatic carboxylic acids is 2. The van der Waals surface area contributed by atoms with Crippen molar-refractivity contribution in [1.29, 1.82) is 0 Å². The summed E-state index contributed by atoms with van der Waals surface area (Å²) in [5.74, 6) is -4.30. The molecule has 11 nitrogen and oxygen atoms in total. The Balaban J connectivity index is 3.24. The Labute approximate surface area is 150 Å². The van der Waals surface area contributed by atoms with Crippen molar-refractivity contribution in [3.8, 4) is 0 Å². The number of carbonyl (C=O) groups excluding carboxylic acids is 2. The Bertz CT molecular complexity index is 435. The zero-order valence-electron chi connectivity index (χ0n) is 14.3. The molecule has 0 aromatic rings. The zero-order chi connectivity index (χ0) is 19.6. The van der Waals surface area contributed by atoms with E-state index in [2.05, 4.69) is 0 Å². The van der Waals surface area contributed by atoms with Crippen LogP contribution in [0.5, 0.6) is 0 Å². The predicted octanol–water partition coefficient (Wildman–Crippen LogP) is -0.885. The quantitative estimate of drug-likeness (QED) is 0.173. The van der Waals surface area contributed by atoms with Crippen molar-refractivity contribution in [2.24, 2.45) is 0 Å². The van der Waals surface area contributed by atoms with E-state index < -0.39 is 30.1 Å². The number of Topliss-reactive ketones (excluding diaryl/α,β-unsaturated/α-hetero) is 1. The van der Waals surface area contributed by atoms with Gasteiger partial charge in [0.1, 0.15) is 13.2 Å². The van der Waals surface area contributed by atoms with Gasteiger partial charge in [0.15, 0.2) is 0 Å². The maximum Gasteiger partial charge on any atom is 0.372 e. The Morgan fingerprint density at radius 1 is 0.615 bits per heavy atom. The molecular formula is C15H24O11. The van der Waals surface area contributed by atoms with Gasteiger partial charge in [0, 0.05) is 6.42 Å². The minimum absolute atomic E-state index is 0.000447. The van der Waals surface area contributed by atoms with Crippen molar-refractivity contribution in [2.75, 3.05) is 59.5 Å². The molecular weight excluding hydrogens is 356 g/mol. The van der Waals surface area contributed by atoms with Crippen molar-refractivity contribution >= 4 is 23.7 Å². The van der Waals surface area contributed by atoms with Crippen LogP contribution in [0.1, 0.15) is 12.8 Å². The van der Waals surface area contributed by atoms with E-state index in [0.29, 0.717) is 19.8 Å². The molecule has 0 atom stereocenters. The second kappa shape index (κ2) is 16.4. The molecule has 0 saturated carbocycles. The molecule has 0 fully saturated rings. The van der Waals surface area contributed by atoms with Crippen LogP contribution in [0.25, 0.3) is 0 Å². The smallest absolute Gasteiger partial charge is 0.372 e. The molecule has 0 aliphatic heterocycles. The van der Waals surface area contributed by atoms with Crippen LogP contribution < -0.4 is 0 Å². The van der Waals surface area contributed by atoms with Gasteiger partial charge in [-0.05, 0) is 0 Å². The highest BCUT2D eigenvalue weighted by Crippen LogP contribution is 1.95. The first-order chi connectivity index (χ1) is 12.4. The number of carboxylic acid groups (broad SMARTS) is 2. The number of ketones is 1. The van der Waals surface area contributed by atoms with Crippen LogP contribution in [0.2, 0.25) is 0 Å². The summed E-state index contributed by atoms with van der Waals surface area (Å²) in [6, 6.07) is 0. The highest BCUT2D eigenvalue weighted by molar-refractivity contribution is 6.32. The van der Waals surface area contributed by atoms with E-state index in [1.54, 1.807) is 0 Å². The van der Waals surface area contributed by atoms with Crippen LogP contribution in [-0.2, 0) is 42.9 Å². The molecule has 150 valence electrons. The van der Waals surface area contributed by atoms with Crippen LogP contribution in [0.15, 0.2) is 0 Å². The molecule has 11 heteroatoms. The molecule has 0 rings (SSSR count). The largest absolute Gasteiger partial charge is 0.480 e. The third-order valence-corrected chi connectivity index (χ3v) is 2.63. The van der Waals surface area contributed by atoms with Crippen molar-refractivity contribution in [1.82, 2.24) is 0 Å². The highest BCUT2D eigenvalue weighted by Gasteiger charge is 2.14. The fourth-order valence-electron chi connectivity index (χ4n) is 1.43. The lowest BCUT2D eigenvalue weighted by molar-refractivity contribution is -0.151. The van der Waals surface area contributed by atoms with Crippen molar-refractivity contribution in [3.05, 3.63) is 0 Å². The molecule has 0 amide bonds. The summed E-state index contributed by atoms with van der Waals surface area (Å²) in [5, 5.41) is 16.7. The molecule has 2 N–H and O–H groups in total. The molecule has 0 unspecified atom stereocenters. The summed E-state index contributed by atoms with van der Waals surface area (Å²) < 4.78 is 25.0. The third-order valence-electron chi connectivity index (χ3n) is 2.63. The molecule has 0 spiro atoms. The van der Waals surface area contributed by atoms with E-state index in [1.807, 2.05) is 0 Å². The maximum atomic E-state index is 11.2. The third kappa shape index (κ3) is 16.8. The molecule has 0 aliphatic rings. The molecule has 0 aliphatic carbocycles. The van der Waals surface area contributed by atoms with E-state index in [0.717, 1.165) is 0 Å². The molecule has 0 radical (unpaired) electrons. The fraction of sp³-hybridized carbons (Fsp3) is 0.733. The number of hydrogen-bond acceptors (Lipinski definition) is 9. The van der Waals surface area contributed by atoms with E-state index >= 15 is 0 Å².